The van der Waals surface area contributed by atoms with Crippen LogP contribution in [0.5, 0.6) is 11.5 Å². The molecule has 1 aliphatic heterocycles. The number of amides is 1. The van der Waals surface area contributed by atoms with E-state index in [1.54, 1.807) is 19.2 Å². The maximum atomic E-state index is 13.0. The molecule has 1 aliphatic rings. The predicted molar refractivity (Wildman–Crippen MR) is 129 cm³/mol. The number of nitrogens with one attached hydrogen (secondary N) is 1. The van der Waals surface area contributed by atoms with Crippen LogP contribution in [-0.4, -0.2) is 29.0 Å². The van der Waals surface area contributed by atoms with E-state index in [1.807, 2.05) is 55.5 Å². The molecular weight excluding hydrogens is 430 g/mol. The number of ether oxygens (including phenoxy) is 1. The van der Waals surface area contributed by atoms with Crippen LogP contribution in [0.4, 0.5) is 5.69 Å². The Bertz CT molecular complexity index is 1380. The SMILES string of the molecule is COc1ccc2c(c1)C(c1ccccc1)=N[C@@H](CC(=O)Nc1ccc(O)cc1)c1onc(C)c1-2. The Morgan fingerprint density at radius 2 is 1.82 bits per heavy atom. The molecule has 2 N–H and O–H groups in total. The summed E-state index contributed by atoms with van der Waals surface area (Å²) in [5.41, 5.74) is 5.66. The fraction of sp³-hybridized carbons (Fsp3) is 0.148. The number of phenolic OH excluding ortho intramolecular Hbond substituents is 1. The van der Waals surface area contributed by atoms with Crippen LogP contribution in [0.1, 0.15) is 35.0 Å². The molecule has 0 fully saturated rings. The van der Waals surface area contributed by atoms with E-state index in [9.17, 15) is 9.90 Å². The number of nitrogens with zero attached hydrogens (tertiary/aromatic N) is 2. The highest BCUT2D eigenvalue weighted by molar-refractivity contribution is 6.17. The zero-order valence-corrected chi connectivity index (χ0v) is 18.8. The number of phenols is 1. The number of carbonyl (C=O) groups is 1. The highest BCUT2D eigenvalue weighted by Crippen LogP contribution is 2.42. The van der Waals surface area contributed by atoms with Crippen molar-refractivity contribution in [2.24, 2.45) is 4.99 Å². The van der Waals surface area contributed by atoms with Crippen LogP contribution in [0.25, 0.3) is 11.1 Å². The van der Waals surface area contributed by atoms with Crippen LogP contribution in [0.3, 0.4) is 0 Å². The second-order valence-electron chi connectivity index (χ2n) is 8.08. The number of aryl methyl sites for hydroxylation is 1. The number of benzene rings is 3. The molecule has 1 amide bonds. The van der Waals surface area contributed by atoms with Gasteiger partial charge in [0.15, 0.2) is 5.76 Å². The number of carbonyl (C=O) groups excluding carboxylic acids is 1. The van der Waals surface area contributed by atoms with E-state index in [0.29, 0.717) is 17.2 Å². The topological polar surface area (TPSA) is 97.0 Å². The van der Waals surface area contributed by atoms with Gasteiger partial charge in [0, 0.05) is 16.8 Å². The van der Waals surface area contributed by atoms with E-state index in [0.717, 1.165) is 33.7 Å². The van der Waals surface area contributed by atoms with E-state index in [4.69, 9.17) is 14.3 Å². The van der Waals surface area contributed by atoms with Crippen molar-refractivity contribution in [3.8, 4) is 22.6 Å². The first-order valence-electron chi connectivity index (χ1n) is 10.9. The maximum absolute atomic E-state index is 13.0. The van der Waals surface area contributed by atoms with Crippen molar-refractivity contribution in [1.29, 1.82) is 0 Å². The summed E-state index contributed by atoms with van der Waals surface area (Å²) in [6.45, 7) is 1.89. The molecule has 7 heteroatoms. The van der Waals surface area contributed by atoms with E-state index in [-0.39, 0.29) is 18.1 Å². The van der Waals surface area contributed by atoms with Gasteiger partial charge in [0.05, 0.1) is 30.5 Å². The van der Waals surface area contributed by atoms with Gasteiger partial charge in [-0.3, -0.25) is 9.79 Å². The third-order valence-corrected chi connectivity index (χ3v) is 5.80. The van der Waals surface area contributed by atoms with Crippen LogP contribution < -0.4 is 10.1 Å². The number of anilines is 1. The van der Waals surface area contributed by atoms with Gasteiger partial charge in [-0.05, 0) is 55.0 Å². The lowest BCUT2D eigenvalue weighted by atomic mass is 9.92. The molecule has 1 atom stereocenters. The number of hydrogen-bond donors (Lipinski definition) is 2. The number of fused-ring (bicyclic) bond motifs is 3. The molecular formula is C27H23N3O4. The van der Waals surface area contributed by atoms with Gasteiger partial charge >= 0.3 is 0 Å². The van der Waals surface area contributed by atoms with E-state index in [1.165, 1.54) is 12.1 Å². The van der Waals surface area contributed by atoms with Gasteiger partial charge < -0.3 is 19.7 Å². The van der Waals surface area contributed by atoms with Crippen LogP contribution >= 0.6 is 0 Å². The standard InChI is InChI=1S/C27H23N3O4/c1-16-25-21-13-12-20(33-2)14-22(21)26(17-6-4-3-5-7-17)29-23(27(25)34-30-16)15-24(32)28-18-8-10-19(31)11-9-18/h3-14,23,31H,15H2,1-2H3,(H,28,32)/t23-/m0/s1. The Balaban J connectivity index is 1.61. The van der Waals surface area contributed by atoms with Gasteiger partial charge in [-0.1, -0.05) is 35.5 Å². The van der Waals surface area contributed by atoms with Gasteiger partial charge in [-0.25, -0.2) is 0 Å². The molecule has 1 aromatic heterocycles. The summed E-state index contributed by atoms with van der Waals surface area (Å²) in [5, 5.41) is 16.6. The number of methoxy groups -OCH3 is 1. The second kappa shape index (κ2) is 8.86. The Morgan fingerprint density at radius 3 is 2.56 bits per heavy atom. The molecule has 0 radical (unpaired) electrons. The summed E-state index contributed by atoms with van der Waals surface area (Å²) in [7, 11) is 1.63. The minimum Gasteiger partial charge on any atom is -0.508 e. The summed E-state index contributed by atoms with van der Waals surface area (Å²) in [6, 6.07) is 21.4. The van der Waals surface area contributed by atoms with E-state index >= 15 is 0 Å². The molecule has 7 nitrogen and oxygen atoms in total. The van der Waals surface area contributed by atoms with Crippen molar-refractivity contribution < 1.29 is 19.2 Å². The molecule has 0 bridgehead atoms. The normalized spacial score (nSPS) is 14.4. The summed E-state index contributed by atoms with van der Waals surface area (Å²) < 4.78 is 11.2. The third kappa shape index (κ3) is 4.03. The number of aromatic hydroxyl groups is 1. The molecule has 3 aromatic carbocycles. The Morgan fingerprint density at radius 1 is 1.06 bits per heavy atom. The molecule has 0 aliphatic carbocycles. The van der Waals surface area contributed by atoms with Crippen molar-refractivity contribution in [2.45, 2.75) is 19.4 Å². The first-order chi connectivity index (χ1) is 16.5. The van der Waals surface area contributed by atoms with Crippen molar-refractivity contribution in [1.82, 2.24) is 5.16 Å². The smallest absolute Gasteiger partial charge is 0.227 e. The lowest BCUT2D eigenvalue weighted by molar-refractivity contribution is -0.116. The average Bonchev–Trinajstić information content (AvgIpc) is 3.18. The highest BCUT2D eigenvalue weighted by Gasteiger charge is 2.32. The average molecular weight is 453 g/mol. The lowest BCUT2D eigenvalue weighted by Crippen LogP contribution is -2.15. The summed E-state index contributed by atoms with van der Waals surface area (Å²) in [4.78, 5) is 18.0. The molecule has 4 aromatic rings. The Hall–Kier alpha value is -4.39. The van der Waals surface area contributed by atoms with Gasteiger partial charge in [0.2, 0.25) is 5.91 Å². The van der Waals surface area contributed by atoms with Crippen LogP contribution in [-0.2, 0) is 4.79 Å². The molecule has 34 heavy (non-hydrogen) atoms. The summed E-state index contributed by atoms with van der Waals surface area (Å²) >= 11 is 0. The zero-order valence-electron chi connectivity index (χ0n) is 18.8. The van der Waals surface area contributed by atoms with Crippen LogP contribution in [0.2, 0.25) is 0 Å². The molecule has 0 saturated carbocycles. The summed E-state index contributed by atoms with van der Waals surface area (Å²) in [6.07, 6.45) is 0.0595. The summed E-state index contributed by atoms with van der Waals surface area (Å²) in [5.74, 6) is 1.17. The van der Waals surface area contributed by atoms with Crippen molar-refractivity contribution in [3.63, 3.8) is 0 Å². The highest BCUT2D eigenvalue weighted by atomic mass is 16.5. The largest absolute Gasteiger partial charge is 0.508 e. The minimum atomic E-state index is -0.582. The lowest BCUT2D eigenvalue weighted by Gasteiger charge is -2.13. The van der Waals surface area contributed by atoms with Gasteiger partial charge in [0.25, 0.3) is 0 Å². The molecule has 0 spiro atoms. The number of hydrogen-bond acceptors (Lipinski definition) is 6. The van der Waals surface area contributed by atoms with Gasteiger partial charge in [0.1, 0.15) is 17.5 Å². The molecule has 5 rings (SSSR count). The Kier molecular flexibility index (Phi) is 5.59. The van der Waals surface area contributed by atoms with Gasteiger partial charge in [-0.2, -0.15) is 0 Å². The number of rotatable bonds is 5. The van der Waals surface area contributed by atoms with Crippen LogP contribution in [0.15, 0.2) is 82.3 Å². The maximum Gasteiger partial charge on any atom is 0.227 e. The number of aromatic nitrogens is 1. The first kappa shape index (κ1) is 21.5. The van der Waals surface area contributed by atoms with Crippen LogP contribution in [0, 0.1) is 6.92 Å². The molecule has 2 heterocycles. The van der Waals surface area contributed by atoms with Crippen molar-refractivity contribution in [3.05, 3.63) is 95.4 Å². The monoisotopic (exact) mass is 453 g/mol. The predicted octanol–water partition coefficient (Wildman–Crippen LogP) is 5.29. The molecule has 0 saturated heterocycles. The fourth-order valence-electron chi connectivity index (χ4n) is 4.19. The second-order valence-corrected chi connectivity index (χ2v) is 8.08. The third-order valence-electron chi connectivity index (χ3n) is 5.80. The molecule has 0 unspecified atom stereocenters. The van der Waals surface area contributed by atoms with E-state index < -0.39 is 6.04 Å². The van der Waals surface area contributed by atoms with Gasteiger partial charge in [-0.15, -0.1) is 0 Å². The van der Waals surface area contributed by atoms with Crippen molar-refractivity contribution >= 4 is 17.3 Å². The molecule has 170 valence electrons. The Labute approximate surface area is 196 Å². The minimum absolute atomic E-state index is 0.0595. The quantitative estimate of drug-likeness (QED) is 0.401. The number of aliphatic imine (C=N–C) groups is 1. The first-order valence-corrected chi connectivity index (χ1v) is 10.9. The fourth-order valence-corrected chi connectivity index (χ4v) is 4.19. The zero-order chi connectivity index (χ0) is 23.7. The van der Waals surface area contributed by atoms with Crippen molar-refractivity contribution in [2.75, 3.05) is 12.4 Å². The van der Waals surface area contributed by atoms with E-state index in [2.05, 4.69) is 10.5 Å².